The van der Waals surface area contributed by atoms with Gasteiger partial charge in [-0.15, -0.1) is 0 Å². The molecule has 7 rings (SSSR count). The SMILES string of the molecule is OC1Cc2ccccc2C1(c1ccccc1)N1CCN(C2(c3ccccc3)c3ccccc3CC2O)CC1. The van der Waals surface area contributed by atoms with Gasteiger partial charge in [0.25, 0.3) is 0 Å². The van der Waals surface area contributed by atoms with E-state index in [1.54, 1.807) is 0 Å². The minimum Gasteiger partial charge on any atom is -0.390 e. The maximum absolute atomic E-state index is 11.7. The Kier molecular flexibility index (Phi) is 5.75. The van der Waals surface area contributed by atoms with Crippen LogP contribution in [0, 0.1) is 0 Å². The van der Waals surface area contributed by atoms with Gasteiger partial charge in [-0.1, -0.05) is 109 Å². The highest BCUT2D eigenvalue weighted by Crippen LogP contribution is 2.50. The standard InChI is InChI=1S/C34H34N2O2/c37-31-23-25-11-7-9-17-29(25)33(31,27-13-3-1-4-14-27)35-19-21-36(22-20-35)34(28-15-5-2-6-16-28)30-18-10-8-12-26(30)24-32(34)38/h1-18,31-32,37-38H,19-24H2. The van der Waals surface area contributed by atoms with E-state index >= 15 is 0 Å². The van der Waals surface area contributed by atoms with Crippen molar-refractivity contribution < 1.29 is 10.2 Å². The zero-order chi connectivity index (χ0) is 25.7. The Morgan fingerprint density at radius 2 is 0.816 bits per heavy atom. The number of fused-ring (bicyclic) bond motifs is 2. The second kappa shape index (κ2) is 9.18. The average Bonchev–Trinajstić information content (AvgIpc) is 3.45. The number of benzene rings is 4. The number of hydrogen-bond donors (Lipinski definition) is 2. The first-order chi connectivity index (χ1) is 18.7. The van der Waals surface area contributed by atoms with Crippen LogP contribution in [0.5, 0.6) is 0 Å². The Morgan fingerprint density at radius 1 is 0.474 bits per heavy atom. The van der Waals surface area contributed by atoms with E-state index in [-0.39, 0.29) is 0 Å². The number of piperazine rings is 1. The van der Waals surface area contributed by atoms with Gasteiger partial charge in [0.05, 0.1) is 23.3 Å². The fourth-order valence-corrected chi connectivity index (χ4v) is 7.83. The smallest absolute Gasteiger partial charge is 0.0985 e. The summed E-state index contributed by atoms with van der Waals surface area (Å²) in [5.41, 5.74) is 6.04. The topological polar surface area (TPSA) is 46.9 Å². The molecule has 4 atom stereocenters. The molecule has 192 valence electrons. The summed E-state index contributed by atoms with van der Waals surface area (Å²) in [6.07, 6.45) is 0.279. The third-order valence-corrected chi connectivity index (χ3v) is 9.35. The highest BCUT2D eigenvalue weighted by Gasteiger charge is 2.56. The maximum atomic E-state index is 11.7. The molecule has 0 amide bonds. The van der Waals surface area contributed by atoms with Crippen LogP contribution >= 0.6 is 0 Å². The predicted octanol–water partition coefficient (Wildman–Crippen LogP) is 4.33. The summed E-state index contributed by atoms with van der Waals surface area (Å²) >= 11 is 0. The van der Waals surface area contributed by atoms with E-state index in [4.69, 9.17) is 0 Å². The zero-order valence-corrected chi connectivity index (χ0v) is 21.6. The highest BCUT2D eigenvalue weighted by atomic mass is 16.3. The first kappa shape index (κ1) is 23.8. The monoisotopic (exact) mass is 502 g/mol. The van der Waals surface area contributed by atoms with Crippen LogP contribution < -0.4 is 0 Å². The summed E-state index contributed by atoms with van der Waals surface area (Å²) in [5.74, 6) is 0. The van der Waals surface area contributed by atoms with Gasteiger partial charge in [-0.3, -0.25) is 9.80 Å². The molecular formula is C34H34N2O2. The largest absolute Gasteiger partial charge is 0.390 e. The Morgan fingerprint density at radius 3 is 1.21 bits per heavy atom. The third kappa shape index (κ3) is 3.25. The van der Waals surface area contributed by atoms with Crippen molar-refractivity contribution in [2.24, 2.45) is 0 Å². The highest BCUT2D eigenvalue weighted by molar-refractivity contribution is 5.51. The molecule has 0 aromatic heterocycles. The van der Waals surface area contributed by atoms with Crippen LogP contribution in [0.25, 0.3) is 0 Å². The molecule has 4 unspecified atom stereocenters. The lowest BCUT2D eigenvalue weighted by atomic mass is 9.78. The van der Waals surface area contributed by atoms with Crippen molar-refractivity contribution in [3.63, 3.8) is 0 Å². The van der Waals surface area contributed by atoms with Gasteiger partial charge in [0.15, 0.2) is 0 Å². The van der Waals surface area contributed by atoms with Crippen molar-refractivity contribution in [1.82, 2.24) is 9.80 Å². The van der Waals surface area contributed by atoms with Gasteiger partial charge >= 0.3 is 0 Å². The fraction of sp³-hybridized carbons (Fsp3) is 0.294. The number of rotatable bonds is 4. The van der Waals surface area contributed by atoms with Gasteiger partial charge in [-0.2, -0.15) is 0 Å². The van der Waals surface area contributed by atoms with Crippen LogP contribution in [0.3, 0.4) is 0 Å². The fourth-order valence-electron chi connectivity index (χ4n) is 7.83. The lowest BCUT2D eigenvalue weighted by Crippen LogP contribution is -2.64. The minimum atomic E-state index is -0.573. The van der Waals surface area contributed by atoms with Crippen molar-refractivity contribution in [3.8, 4) is 0 Å². The van der Waals surface area contributed by atoms with E-state index in [0.717, 1.165) is 37.3 Å². The summed E-state index contributed by atoms with van der Waals surface area (Å²) in [6, 6.07) is 38.2. The molecule has 2 N–H and O–H groups in total. The molecule has 0 saturated carbocycles. The van der Waals surface area contributed by atoms with Gasteiger partial charge in [0, 0.05) is 39.0 Å². The number of hydrogen-bond acceptors (Lipinski definition) is 4. The van der Waals surface area contributed by atoms with Crippen molar-refractivity contribution >= 4 is 0 Å². The van der Waals surface area contributed by atoms with Crippen LogP contribution in [0.2, 0.25) is 0 Å². The first-order valence-electron chi connectivity index (χ1n) is 13.8. The molecule has 4 heteroatoms. The third-order valence-electron chi connectivity index (χ3n) is 9.35. The molecular weight excluding hydrogens is 468 g/mol. The molecule has 1 fully saturated rings. The predicted molar refractivity (Wildman–Crippen MR) is 150 cm³/mol. The molecule has 0 bridgehead atoms. The first-order valence-corrected chi connectivity index (χ1v) is 13.8. The molecule has 4 nitrogen and oxygen atoms in total. The Hall–Kier alpha value is -3.28. The molecule has 38 heavy (non-hydrogen) atoms. The van der Waals surface area contributed by atoms with Gasteiger partial charge in [-0.25, -0.2) is 0 Å². The minimum absolute atomic E-state index is 0.519. The lowest BCUT2D eigenvalue weighted by Gasteiger charge is -2.53. The van der Waals surface area contributed by atoms with E-state index in [1.165, 1.54) is 22.3 Å². The van der Waals surface area contributed by atoms with Crippen LogP contribution in [0.1, 0.15) is 33.4 Å². The van der Waals surface area contributed by atoms with Crippen molar-refractivity contribution in [1.29, 1.82) is 0 Å². The summed E-state index contributed by atoms with van der Waals surface area (Å²) in [6.45, 7) is 3.18. The van der Waals surface area contributed by atoms with E-state index in [2.05, 4.69) is 107 Å². The molecule has 1 saturated heterocycles. The van der Waals surface area contributed by atoms with Crippen molar-refractivity contribution in [2.45, 2.75) is 36.1 Å². The number of aliphatic hydroxyl groups excluding tert-OH is 2. The Balaban J connectivity index is 1.30. The van der Waals surface area contributed by atoms with Crippen LogP contribution in [-0.4, -0.2) is 58.4 Å². The van der Waals surface area contributed by atoms with E-state index in [1.807, 2.05) is 12.1 Å². The molecule has 1 aliphatic heterocycles. The molecule has 3 aliphatic rings. The number of nitrogens with zero attached hydrogens (tertiary/aromatic N) is 2. The quantitative estimate of drug-likeness (QED) is 0.436. The van der Waals surface area contributed by atoms with E-state index in [0.29, 0.717) is 12.8 Å². The van der Waals surface area contributed by atoms with Gasteiger partial charge < -0.3 is 10.2 Å². The van der Waals surface area contributed by atoms with E-state index in [9.17, 15) is 10.2 Å². The molecule has 0 radical (unpaired) electrons. The van der Waals surface area contributed by atoms with Gasteiger partial charge in [0.2, 0.25) is 0 Å². The Bertz CT molecular complexity index is 1320. The summed E-state index contributed by atoms with van der Waals surface area (Å²) in [5, 5.41) is 23.5. The average molecular weight is 503 g/mol. The number of aliphatic hydroxyl groups is 2. The summed E-state index contributed by atoms with van der Waals surface area (Å²) in [7, 11) is 0. The van der Waals surface area contributed by atoms with Gasteiger partial charge in [-0.05, 0) is 33.4 Å². The second-order valence-corrected chi connectivity index (χ2v) is 11.0. The molecule has 2 aliphatic carbocycles. The summed E-state index contributed by atoms with van der Waals surface area (Å²) < 4.78 is 0. The molecule has 4 aromatic rings. The summed E-state index contributed by atoms with van der Waals surface area (Å²) in [4.78, 5) is 5.00. The maximum Gasteiger partial charge on any atom is 0.0985 e. The van der Waals surface area contributed by atoms with Crippen LogP contribution in [-0.2, 0) is 23.9 Å². The molecule has 1 heterocycles. The van der Waals surface area contributed by atoms with E-state index < -0.39 is 23.3 Å². The van der Waals surface area contributed by atoms with Gasteiger partial charge in [0.1, 0.15) is 0 Å². The zero-order valence-electron chi connectivity index (χ0n) is 21.6. The van der Waals surface area contributed by atoms with Crippen molar-refractivity contribution in [2.75, 3.05) is 26.2 Å². The normalized spacial score (nSPS) is 29.2. The van der Waals surface area contributed by atoms with Crippen molar-refractivity contribution in [3.05, 3.63) is 143 Å². The second-order valence-electron chi connectivity index (χ2n) is 11.0. The van der Waals surface area contributed by atoms with Crippen LogP contribution in [0.4, 0.5) is 0 Å². The molecule has 0 spiro atoms. The Labute approximate surface area is 224 Å². The van der Waals surface area contributed by atoms with Crippen LogP contribution in [0.15, 0.2) is 109 Å². The molecule has 4 aromatic carbocycles. The lowest BCUT2D eigenvalue weighted by molar-refractivity contribution is -0.0638.